The molecule has 0 amide bonds. The molecule has 2 heterocycles. The highest BCUT2D eigenvalue weighted by Crippen LogP contribution is 2.51. The highest BCUT2D eigenvalue weighted by Gasteiger charge is 2.36. The third-order valence-electron chi connectivity index (χ3n) is 17.0. The second-order valence-corrected chi connectivity index (χ2v) is 22.1. The lowest BCUT2D eigenvalue weighted by molar-refractivity contribution is 0.661. The Balaban J connectivity index is 0.715. The van der Waals surface area contributed by atoms with Crippen LogP contribution in [0.1, 0.15) is 58.4 Å². The Morgan fingerprint density at radius 1 is 0.284 bits per heavy atom. The molecule has 1 aliphatic rings. The number of rotatable bonds is 10. The lowest BCUT2D eigenvalue weighted by Crippen LogP contribution is -2.15. The van der Waals surface area contributed by atoms with Crippen molar-refractivity contribution in [1.29, 1.82) is 0 Å². The minimum absolute atomic E-state index is 0.180. The fourth-order valence-corrected chi connectivity index (χ4v) is 12.9. The molecule has 0 atom stereocenters. The highest BCUT2D eigenvalue weighted by molar-refractivity contribution is 6.12. The molecule has 2 aromatic heterocycles. The number of hydrogen-bond donors (Lipinski definition) is 0. The average Bonchev–Trinajstić information content (AvgIpc) is 3.46. The van der Waals surface area contributed by atoms with Gasteiger partial charge in [-0.25, -0.2) is 0 Å². The van der Waals surface area contributed by atoms with Gasteiger partial charge in [-0.15, -0.1) is 0 Å². The topological polar surface area (TPSA) is 9.86 Å². The molecule has 0 radical (unpaired) electrons. The van der Waals surface area contributed by atoms with Crippen LogP contribution in [0.4, 0.5) is 0 Å². The smallest absolute Gasteiger partial charge is 0.0541 e. The van der Waals surface area contributed by atoms with Crippen molar-refractivity contribution in [2.45, 2.75) is 19.3 Å². The van der Waals surface area contributed by atoms with E-state index < -0.39 is 0 Å². The summed E-state index contributed by atoms with van der Waals surface area (Å²) < 4.78 is 4.76. The standard InChI is InChI=1S/C79H56N2/c1-79(2)73-51-59(55-35-31-53(32-36-55)47-69(57-19-7-3-8-20-57)61-41-45-77-71(49-61)67-27-15-17-29-75(67)80(77)63-23-11-5-12-24-63)39-43-65(73)66-44-40-60(52-74(66)79)56-37-33-54(34-38-56)48-70(58-21-9-4-10-22-58)62-42-46-78-72(50-62)68-28-16-18-30-76(68)81(78)64-25-13-6-14-26-64/h3-52H,1-2H3/b69-47+,70-48+. The van der Waals surface area contributed by atoms with E-state index in [0.29, 0.717) is 0 Å². The highest BCUT2D eigenvalue weighted by atomic mass is 15.0. The molecule has 2 nitrogen and oxygen atoms in total. The van der Waals surface area contributed by atoms with Crippen molar-refractivity contribution in [2.75, 3.05) is 0 Å². The third-order valence-corrected chi connectivity index (χ3v) is 17.0. The first-order valence-electron chi connectivity index (χ1n) is 28.1. The summed E-state index contributed by atoms with van der Waals surface area (Å²) in [6.45, 7) is 4.77. The first-order chi connectivity index (χ1) is 39.9. The Morgan fingerprint density at radius 3 is 1.04 bits per heavy atom. The van der Waals surface area contributed by atoms with Gasteiger partial charge < -0.3 is 9.13 Å². The summed E-state index contributed by atoms with van der Waals surface area (Å²) in [7, 11) is 0. The van der Waals surface area contributed by atoms with Crippen molar-refractivity contribution >= 4 is 66.9 Å². The fraction of sp³-hybridized carbons (Fsp3) is 0.0380. The molecule has 14 aromatic rings. The van der Waals surface area contributed by atoms with Crippen LogP contribution >= 0.6 is 0 Å². The van der Waals surface area contributed by atoms with Crippen molar-refractivity contribution in [1.82, 2.24) is 9.13 Å². The third kappa shape index (κ3) is 8.35. The Labute approximate surface area is 473 Å². The molecule has 382 valence electrons. The minimum atomic E-state index is -0.180. The van der Waals surface area contributed by atoms with Gasteiger partial charge in [0.15, 0.2) is 0 Å². The molecule has 0 aliphatic heterocycles. The lowest BCUT2D eigenvalue weighted by atomic mass is 9.81. The van der Waals surface area contributed by atoms with Crippen LogP contribution < -0.4 is 0 Å². The van der Waals surface area contributed by atoms with Crippen molar-refractivity contribution in [2.24, 2.45) is 0 Å². The van der Waals surface area contributed by atoms with Crippen LogP contribution in [-0.2, 0) is 5.41 Å². The van der Waals surface area contributed by atoms with Gasteiger partial charge in [-0.2, -0.15) is 0 Å². The maximum absolute atomic E-state index is 2.43. The number of nitrogens with zero attached hydrogens (tertiary/aromatic N) is 2. The second-order valence-electron chi connectivity index (χ2n) is 22.1. The van der Waals surface area contributed by atoms with E-state index in [1.165, 1.54) is 122 Å². The average molecular weight is 1030 g/mol. The fourth-order valence-electron chi connectivity index (χ4n) is 12.9. The number of aromatic nitrogens is 2. The van der Waals surface area contributed by atoms with E-state index >= 15 is 0 Å². The van der Waals surface area contributed by atoms with Crippen molar-refractivity contribution in [3.63, 3.8) is 0 Å². The quantitative estimate of drug-likeness (QED) is 0.121. The van der Waals surface area contributed by atoms with Gasteiger partial charge in [-0.3, -0.25) is 0 Å². The van der Waals surface area contributed by atoms with E-state index in [1.807, 2.05) is 0 Å². The van der Waals surface area contributed by atoms with E-state index in [4.69, 9.17) is 0 Å². The SMILES string of the molecule is CC1(C)c2cc(-c3ccc(/C=C(\c4ccccc4)c4ccc5c(c4)c4ccccc4n5-c4ccccc4)cc3)ccc2-c2ccc(-c3ccc(/C=C(\c4ccccc4)c4ccc5c(c4)c4ccccc4n5-c4ccccc4)cc3)cc21. The summed E-state index contributed by atoms with van der Waals surface area (Å²) in [5.41, 5.74) is 26.7. The largest absolute Gasteiger partial charge is 0.309 e. The van der Waals surface area contributed by atoms with Crippen molar-refractivity contribution < 1.29 is 0 Å². The lowest BCUT2D eigenvalue weighted by Gasteiger charge is -2.22. The maximum atomic E-state index is 2.43. The van der Waals surface area contributed by atoms with E-state index in [-0.39, 0.29) is 5.41 Å². The summed E-state index contributed by atoms with van der Waals surface area (Å²) in [6.07, 6.45) is 4.69. The Morgan fingerprint density at radius 2 is 0.630 bits per heavy atom. The molecule has 1 aliphatic carbocycles. The van der Waals surface area contributed by atoms with Gasteiger partial charge in [0.2, 0.25) is 0 Å². The van der Waals surface area contributed by atoms with Gasteiger partial charge in [0, 0.05) is 38.3 Å². The number of fused-ring (bicyclic) bond motifs is 9. The number of hydrogen-bond acceptors (Lipinski definition) is 0. The van der Waals surface area contributed by atoms with E-state index in [2.05, 4.69) is 326 Å². The molecular formula is C79H56N2. The van der Waals surface area contributed by atoms with Gasteiger partial charge in [-0.1, -0.05) is 232 Å². The van der Waals surface area contributed by atoms with Gasteiger partial charge >= 0.3 is 0 Å². The molecule has 12 aromatic carbocycles. The van der Waals surface area contributed by atoms with E-state index in [9.17, 15) is 0 Å². The molecule has 81 heavy (non-hydrogen) atoms. The number of para-hydroxylation sites is 4. The van der Waals surface area contributed by atoms with Crippen LogP contribution in [0.2, 0.25) is 0 Å². The van der Waals surface area contributed by atoms with Gasteiger partial charge in [0.05, 0.1) is 22.1 Å². The molecule has 15 rings (SSSR count). The first-order valence-corrected chi connectivity index (χ1v) is 28.1. The maximum Gasteiger partial charge on any atom is 0.0541 e. The predicted molar refractivity (Wildman–Crippen MR) is 343 cm³/mol. The molecule has 0 unspecified atom stereocenters. The molecule has 0 N–H and O–H groups in total. The summed E-state index contributed by atoms with van der Waals surface area (Å²) in [6, 6.07) is 107. The van der Waals surface area contributed by atoms with Crippen LogP contribution in [0.5, 0.6) is 0 Å². The summed E-state index contributed by atoms with van der Waals surface area (Å²) >= 11 is 0. The molecular weight excluding hydrogens is 977 g/mol. The monoisotopic (exact) mass is 1030 g/mol. The van der Waals surface area contributed by atoms with E-state index in [0.717, 1.165) is 22.5 Å². The van der Waals surface area contributed by atoms with Crippen LogP contribution in [0.25, 0.3) is 112 Å². The molecule has 2 heteroatoms. The first kappa shape index (κ1) is 47.9. The van der Waals surface area contributed by atoms with Crippen LogP contribution in [0.3, 0.4) is 0 Å². The zero-order valence-corrected chi connectivity index (χ0v) is 45.3. The zero-order chi connectivity index (χ0) is 54.0. The normalized spacial score (nSPS) is 13.1. The summed E-state index contributed by atoms with van der Waals surface area (Å²) in [5.74, 6) is 0. The second kappa shape index (κ2) is 19.6. The van der Waals surface area contributed by atoms with Crippen LogP contribution in [0, 0.1) is 0 Å². The van der Waals surface area contributed by atoms with Crippen molar-refractivity contribution in [3.05, 3.63) is 336 Å². The summed E-state index contributed by atoms with van der Waals surface area (Å²) in [5, 5.41) is 4.98. The Kier molecular flexibility index (Phi) is 11.6. The van der Waals surface area contributed by atoms with Crippen LogP contribution in [-0.4, -0.2) is 9.13 Å². The van der Waals surface area contributed by atoms with Crippen LogP contribution in [0.15, 0.2) is 291 Å². The molecule has 0 bridgehead atoms. The van der Waals surface area contributed by atoms with Gasteiger partial charge in [0.25, 0.3) is 0 Å². The number of benzene rings is 12. The molecule has 0 saturated carbocycles. The van der Waals surface area contributed by atoms with E-state index in [1.54, 1.807) is 0 Å². The van der Waals surface area contributed by atoms with Gasteiger partial charge in [-0.05, 0) is 174 Å². The van der Waals surface area contributed by atoms with Crippen molar-refractivity contribution in [3.8, 4) is 44.8 Å². The minimum Gasteiger partial charge on any atom is -0.309 e. The predicted octanol–water partition coefficient (Wildman–Crippen LogP) is 20.7. The summed E-state index contributed by atoms with van der Waals surface area (Å²) in [4.78, 5) is 0. The Hall–Kier alpha value is -10.3. The Bertz CT molecular complexity index is 4460. The molecule has 0 spiro atoms. The zero-order valence-electron chi connectivity index (χ0n) is 45.3. The molecule has 0 saturated heterocycles. The molecule has 0 fully saturated rings. The van der Waals surface area contributed by atoms with Gasteiger partial charge in [0.1, 0.15) is 0 Å².